The van der Waals surface area contributed by atoms with Crippen molar-refractivity contribution in [2.75, 3.05) is 16.2 Å². The van der Waals surface area contributed by atoms with E-state index in [9.17, 15) is 13.2 Å². The Hall–Kier alpha value is -1.57. The lowest BCUT2D eigenvalue weighted by Crippen LogP contribution is -2.41. The minimum Gasteiger partial charge on any atom is -0.323 e. The largest absolute Gasteiger partial charge is 0.323 e. The molecule has 3 rings (SSSR count). The van der Waals surface area contributed by atoms with Crippen LogP contribution in [0.2, 0.25) is 4.34 Å². The minimum absolute atomic E-state index is 0.134. The number of nitrogens with one attached hydrogen (secondary N) is 1. The maximum Gasteiger partial charge on any atom is 0.274 e. The van der Waals surface area contributed by atoms with Gasteiger partial charge >= 0.3 is 0 Å². The van der Waals surface area contributed by atoms with Gasteiger partial charge < -0.3 is 5.32 Å². The number of carbonyl (C=O) groups excluding carboxylic acids is 1. The van der Waals surface area contributed by atoms with Crippen LogP contribution in [0.3, 0.4) is 0 Å². The summed E-state index contributed by atoms with van der Waals surface area (Å²) < 4.78 is 27.2. The number of amides is 1. The monoisotopic (exact) mass is 342 g/mol. The Kier molecular flexibility index (Phi) is 3.43. The van der Waals surface area contributed by atoms with Crippen LogP contribution in [0.1, 0.15) is 5.56 Å². The fourth-order valence-corrected chi connectivity index (χ4v) is 5.35. The first-order chi connectivity index (χ1) is 9.89. The molecule has 0 saturated carbocycles. The van der Waals surface area contributed by atoms with E-state index in [1.54, 1.807) is 31.2 Å². The maximum atomic E-state index is 12.8. The van der Waals surface area contributed by atoms with Gasteiger partial charge in [-0.3, -0.25) is 9.10 Å². The van der Waals surface area contributed by atoms with Gasteiger partial charge in [0, 0.05) is 0 Å². The molecule has 8 heteroatoms. The van der Waals surface area contributed by atoms with Crippen LogP contribution in [-0.2, 0) is 14.8 Å². The predicted octanol–water partition coefficient (Wildman–Crippen LogP) is 2.86. The van der Waals surface area contributed by atoms with Crippen molar-refractivity contribution in [3.8, 4) is 0 Å². The van der Waals surface area contributed by atoms with Crippen LogP contribution in [0.4, 0.5) is 11.4 Å². The number of fused-ring (bicyclic) bond motifs is 1. The summed E-state index contributed by atoms with van der Waals surface area (Å²) in [4.78, 5) is 11.7. The van der Waals surface area contributed by atoms with Gasteiger partial charge in [-0.15, -0.1) is 11.3 Å². The van der Waals surface area contributed by atoms with Crippen molar-refractivity contribution in [2.24, 2.45) is 0 Å². The zero-order chi connectivity index (χ0) is 15.2. The number of anilines is 2. The third-order valence-corrected chi connectivity index (χ3v) is 6.88. The SMILES string of the molecule is Cc1cc(S(=O)(=O)N2CC(=O)Nc3ccccc32)sc1Cl. The molecule has 0 spiro atoms. The van der Waals surface area contributed by atoms with Crippen LogP contribution in [-0.4, -0.2) is 20.9 Å². The minimum atomic E-state index is -3.80. The highest BCUT2D eigenvalue weighted by molar-refractivity contribution is 7.94. The van der Waals surface area contributed by atoms with Gasteiger partial charge in [0.1, 0.15) is 10.8 Å². The Balaban J connectivity index is 2.13. The van der Waals surface area contributed by atoms with E-state index in [4.69, 9.17) is 11.6 Å². The third kappa shape index (κ3) is 2.41. The van der Waals surface area contributed by atoms with Gasteiger partial charge in [0.2, 0.25) is 5.91 Å². The Morgan fingerprint density at radius 3 is 2.71 bits per heavy atom. The van der Waals surface area contributed by atoms with E-state index in [0.717, 1.165) is 15.6 Å². The second-order valence-corrected chi connectivity index (χ2v) is 8.34. The summed E-state index contributed by atoms with van der Waals surface area (Å²) >= 11 is 6.95. The average Bonchev–Trinajstić information content (AvgIpc) is 2.78. The lowest BCUT2D eigenvalue weighted by molar-refractivity contribution is -0.115. The topological polar surface area (TPSA) is 66.5 Å². The molecule has 0 fully saturated rings. The molecular formula is C13H11ClN2O3S2. The Morgan fingerprint density at radius 1 is 1.33 bits per heavy atom. The summed E-state index contributed by atoms with van der Waals surface area (Å²) in [5.41, 5.74) is 1.64. The molecule has 1 aromatic carbocycles. The van der Waals surface area contributed by atoms with E-state index >= 15 is 0 Å². The van der Waals surface area contributed by atoms with Gasteiger partial charge in [0.25, 0.3) is 10.0 Å². The summed E-state index contributed by atoms with van der Waals surface area (Å²) in [6, 6.07) is 8.32. The summed E-state index contributed by atoms with van der Waals surface area (Å²) in [5.74, 6) is -0.364. The van der Waals surface area contributed by atoms with Crippen LogP contribution < -0.4 is 9.62 Å². The first-order valence-corrected chi connectivity index (χ1v) is 8.70. The van der Waals surface area contributed by atoms with Gasteiger partial charge in [0.05, 0.1) is 15.7 Å². The molecule has 2 heterocycles. The lowest BCUT2D eigenvalue weighted by atomic mass is 10.2. The van der Waals surface area contributed by atoms with Crippen LogP contribution in [0.5, 0.6) is 0 Å². The highest BCUT2D eigenvalue weighted by Gasteiger charge is 2.33. The Labute approximate surface area is 131 Å². The zero-order valence-electron chi connectivity index (χ0n) is 11.0. The third-order valence-electron chi connectivity index (χ3n) is 3.11. The summed E-state index contributed by atoms with van der Waals surface area (Å²) in [6.45, 7) is 1.50. The molecule has 5 nitrogen and oxygen atoms in total. The Bertz CT molecular complexity index is 810. The molecule has 0 unspecified atom stereocenters. The highest BCUT2D eigenvalue weighted by atomic mass is 35.5. The van der Waals surface area contributed by atoms with E-state index in [2.05, 4.69) is 5.32 Å². The number of thiophene rings is 1. The molecule has 1 aliphatic heterocycles. The van der Waals surface area contributed by atoms with Gasteiger partial charge in [-0.05, 0) is 30.7 Å². The molecule has 21 heavy (non-hydrogen) atoms. The molecule has 0 atom stereocenters. The molecule has 0 saturated heterocycles. The van der Waals surface area contributed by atoms with Crippen molar-refractivity contribution >= 4 is 50.2 Å². The molecule has 1 aliphatic rings. The molecule has 0 bridgehead atoms. The number of para-hydroxylation sites is 2. The number of halogens is 1. The van der Waals surface area contributed by atoms with Crippen molar-refractivity contribution in [3.05, 3.63) is 40.2 Å². The van der Waals surface area contributed by atoms with Gasteiger partial charge in [-0.2, -0.15) is 0 Å². The molecule has 0 radical (unpaired) electrons. The number of benzene rings is 1. The number of hydrogen-bond donors (Lipinski definition) is 1. The Morgan fingerprint density at radius 2 is 2.05 bits per heavy atom. The van der Waals surface area contributed by atoms with E-state index < -0.39 is 10.0 Å². The molecule has 1 N–H and O–H groups in total. The van der Waals surface area contributed by atoms with E-state index in [0.29, 0.717) is 21.3 Å². The van der Waals surface area contributed by atoms with Gasteiger partial charge in [-0.25, -0.2) is 8.42 Å². The molecule has 2 aromatic rings. The number of hydrogen-bond acceptors (Lipinski definition) is 4. The van der Waals surface area contributed by atoms with E-state index in [1.165, 1.54) is 6.07 Å². The van der Waals surface area contributed by atoms with Crippen molar-refractivity contribution in [1.29, 1.82) is 0 Å². The smallest absolute Gasteiger partial charge is 0.274 e. The van der Waals surface area contributed by atoms with Crippen molar-refractivity contribution in [2.45, 2.75) is 11.1 Å². The number of carbonyl (C=O) groups is 1. The number of sulfonamides is 1. The quantitative estimate of drug-likeness (QED) is 0.912. The number of aryl methyl sites for hydroxylation is 1. The zero-order valence-corrected chi connectivity index (χ0v) is 13.3. The summed E-state index contributed by atoms with van der Waals surface area (Å²) in [5, 5.41) is 2.66. The van der Waals surface area contributed by atoms with Crippen LogP contribution >= 0.6 is 22.9 Å². The second-order valence-electron chi connectivity index (χ2n) is 4.60. The lowest BCUT2D eigenvalue weighted by Gasteiger charge is -2.29. The fourth-order valence-electron chi connectivity index (χ4n) is 2.08. The first-order valence-electron chi connectivity index (χ1n) is 6.07. The van der Waals surface area contributed by atoms with Crippen LogP contribution in [0.15, 0.2) is 34.5 Å². The van der Waals surface area contributed by atoms with E-state index in [1.807, 2.05) is 0 Å². The molecule has 1 amide bonds. The van der Waals surface area contributed by atoms with Crippen molar-refractivity contribution in [1.82, 2.24) is 0 Å². The molecule has 110 valence electrons. The highest BCUT2D eigenvalue weighted by Crippen LogP contribution is 2.37. The van der Waals surface area contributed by atoms with Crippen molar-refractivity contribution in [3.63, 3.8) is 0 Å². The van der Waals surface area contributed by atoms with Gasteiger partial charge in [-0.1, -0.05) is 23.7 Å². The second kappa shape index (κ2) is 5.01. The predicted molar refractivity (Wildman–Crippen MR) is 83.7 cm³/mol. The molecular weight excluding hydrogens is 332 g/mol. The van der Waals surface area contributed by atoms with Crippen molar-refractivity contribution < 1.29 is 13.2 Å². The van der Waals surface area contributed by atoms with E-state index in [-0.39, 0.29) is 16.7 Å². The van der Waals surface area contributed by atoms with Crippen LogP contribution in [0, 0.1) is 6.92 Å². The summed E-state index contributed by atoms with van der Waals surface area (Å²) in [6.07, 6.45) is 0. The maximum absolute atomic E-state index is 12.8. The van der Waals surface area contributed by atoms with Gasteiger partial charge in [0.15, 0.2) is 0 Å². The fraction of sp³-hybridized carbons (Fsp3) is 0.154. The number of nitrogens with zero attached hydrogens (tertiary/aromatic N) is 1. The standard InChI is InChI=1S/C13H11ClN2O3S2/c1-8-6-12(20-13(8)14)21(18,19)16-7-11(17)15-9-4-2-3-5-10(9)16/h2-6H,7H2,1H3,(H,15,17). The average molecular weight is 343 g/mol. The molecule has 1 aromatic heterocycles. The van der Waals surface area contributed by atoms with Crippen LogP contribution in [0.25, 0.3) is 0 Å². The molecule has 0 aliphatic carbocycles. The number of rotatable bonds is 2. The normalized spacial score (nSPS) is 14.8. The summed E-state index contributed by atoms with van der Waals surface area (Å²) in [7, 11) is -3.80. The first kappa shape index (κ1) is 14.4.